The Hall–Kier alpha value is -1.16. The molecule has 18 heavy (non-hydrogen) atoms. The Labute approximate surface area is 119 Å². The fourth-order valence-electron chi connectivity index (χ4n) is 1.85. The molecule has 98 valence electrons. The number of aryl methyl sites for hydroxylation is 1. The first-order valence-electron chi connectivity index (χ1n) is 6.35. The van der Waals surface area contributed by atoms with Gasteiger partial charge in [0, 0.05) is 12.1 Å². The zero-order valence-electron chi connectivity index (χ0n) is 10.7. The highest BCUT2D eigenvalue weighted by Crippen LogP contribution is 2.15. The van der Waals surface area contributed by atoms with Crippen LogP contribution in [0.5, 0.6) is 0 Å². The number of unbranched alkanes of at least 4 members (excludes halogenated alkanes) is 3. The Balaban J connectivity index is 0.00000162. The molecule has 0 radical (unpaired) electrons. The minimum atomic E-state index is 0. The maximum Gasteiger partial charge on any atom is 0.113 e. The van der Waals surface area contributed by atoms with Crippen molar-refractivity contribution in [2.24, 2.45) is 0 Å². The normalized spacial score (nSPS) is 10.1. The number of hydrogen-bond donors (Lipinski definition) is 0. The van der Waals surface area contributed by atoms with Gasteiger partial charge in [-0.05, 0) is 6.42 Å². The molecule has 0 N–H and O–H groups in total. The fraction of sp³-hybridized carbons (Fsp3) is 0.429. The van der Waals surface area contributed by atoms with Gasteiger partial charge in [0.2, 0.25) is 0 Å². The zero-order chi connectivity index (χ0) is 11.9. The molecule has 1 aromatic carbocycles. The van der Waals surface area contributed by atoms with E-state index in [-0.39, 0.29) is 17.0 Å². The lowest BCUT2D eigenvalue weighted by molar-refractivity contribution is 0.527. The smallest absolute Gasteiger partial charge is 0.113 e. The van der Waals surface area contributed by atoms with Crippen molar-refractivity contribution in [3.05, 3.63) is 36.5 Å². The third kappa shape index (κ3) is 4.26. The molecule has 0 saturated heterocycles. The maximum absolute atomic E-state index is 4.20. The van der Waals surface area contributed by atoms with Crippen LogP contribution in [0.1, 0.15) is 32.6 Å². The lowest BCUT2D eigenvalue weighted by Gasteiger charge is -1.98. The summed E-state index contributed by atoms with van der Waals surface area (Å²) in [5, 5.41) is 8.36. The van der Waals surface area contributed by atoms with Crippen molar-refractivity contribution in [2.75, 3.05) is 0 Å². The molecule has 0 atom stereocenters. The van der Waals surface area contributed by atoms with Gasteiger partial charge < -0.3 is 0 Å². The van der Waals surface area contributed by atoms with Gasteiger partial charge in [-0.2, -0.15) is 0 Å². The van der Waals surface area contributed by atoms with Crippen LogP contribution in [0.15, 0.2) is 36.5 Å². The zero-order valence-corrected chi connectivity index (χ0v) is 12.5. The molecule has 0 fully saturated rings. The Morgan fingerprint density at radius 1 is 1.06 bits per heavy atom. The largest absolute Gasteiger partial charge is 0.252 e. The van der Waals surface area contributed by atoms with Crippen LogP contribution in [-0.4, -0.2) is 15.0 Å². The fourth-order valence-corrected chi connectivity index (χ4v) is 1.85. The molecule has 0 unspecified atom stereocenters. The highest BCUT2D eigenvalue weighted by molar-refractivity contribution is 8.93. The van der Waals surface area contributed by atoms with Gasteiger partial charge in [0.1, 0.15) is 5.69 Å². The summed E-state index contributed by atoms with van der Waals surface area (Å²) < 4.78 is 1.94. The predicted molar refractivity (Wildman–Crippen MR) is 79.9 cm³/mol. The first-order valence-corrected chi connectivity index (χ1v) is 6.35. The van der Waals surface area contributed by atoms with Crippen LogP contribution in [0.3, 0.4) is 0 Å². The third-order valence-corrected chi connectivity index (χ3v) is 2.85. The molecular weight excluding hydrogens is 290 g/mol. The standard InChI is InChI=1S/C14H19N3.BrH/c1-2-3-4-8-11-17-12-14(15-16-17)13-9-6-5-7-10-13;/h5-7,9-10,12H,2-4,8,11H2,1H3;1H. The van der Waals surface area contributed by atoms with E-state index in [2.05, 4.69) is 29.4 Å². The second-order valence-electron chi connectivity index (χ2n) is 4.29. The van der Waals surface area contributed by atoms with E-state index in [9.17, 15) is 0 Å². The second kappa shape index (κ2) is 8.03. The van der Waals surface area contributed by atoms with Gasteiger partial charge in [0.25, 0.3) is 0 Å². The average Bonchev–Trinajstić information content (AvgIpc) is 2.85. The van der Waals surface area contributed by atoms with Crippen molar-refractivity contribution in [2.45, 2.75) is 39.2 Å². The predicted octanol–water partition coefficient (Wildman–Crippen LogP) is 4.10. The van der Waals surface area contributed by atoms with Crippen LogP contribution in [-0.2, 0) is 6.54 Å². The SMILES string of the molecule is Br.CCCCCCn1cc(-c2ccccc2)nn1. The molecule has 2 aromatic rings. The maximum atomic E-state index is 4.20. The number of aromatic nitrogens is 3. The van der Waals surface area contributed by atoms with Gasteiger partial charge in [-0.25, -0.2) is 0 Å². The summed E-state index contributed by atoms with van der Waals surface area (Å²) in [5.41, 5.74) is 2.09. The van der Waals surface area contributed by atoms with Crippen LogP contribution in [0, 0.1) is 0 Å². The summed E-state index contributed by atoms with van der Waals surface area (Å²) in [7, 11) is 0. The van der Waals surface area contributed by atoms with E-state index in [4.69, 9.17) is 0 Å². The molecule has 0 amide bonds. The van der Waals surface area contributed by atoms with Gasteiger partial charge in [0.05, 0.1) is 6.20 Å². The summed E-state index contributed by atoms with van der Waals surface area (Å²) in [6, 6.07) is 10.2. The second-order valence-corrected chi connectivity index (χ2v) is 4.29. The monoisotopic (exact) mass is 309 g/mol. The van der Waals surface area contributed by atoms with Crippen molar-refractivity contribution in [1.29, 1.82) is 0 Å². The number of nitrogens with zero attached hydrogens (tertiary/aromatic N) is 3. The summed E-state index contributed by atoms with van der Waals surface area (Å²) in [6.07, 6.45) is 7.07. The molecule has 0 aliphatic rings. The minimum absolute atomic E-state index is 0. The summed E-state index contributed by atoms with van der Waals surface area (Å²) in [4.78, 5) is 0. The van der Waals surface area contributed by atoms with Crippen molar-refractivity contribution in [1.82, 2.24) is 15.0 Å². The van der Waals surface area contributed by atoms with Crippen LogP contribution in [0.2, 0.25) is 0 Å². The van der Waals surface area contributed by atoms with E-state index < -0.39 is 0 Å². The molecular formula is C14H20BrN3. The molecule has 2 rings (SSSR count). The van der Waals surface area contributed by atoms with E-state index in [0.717, 1.165) is 17.8 Å². The molecule has 0 spiro atoms. The lowest BCUT2D eigenvalue weighted by Crippen LogP contribution is -1.98. The van der Waals surface area contributed by atoms with Crippen molar-refractivity contribution in [3.63, 3.8) is 0 Å². The van der Waals surface area contributed by atoms with Gasteiger partial charge in [-0.3, -0.25) is 4.68 Å². The highest BCUT2D eigenvalue weighted by atomic mass is 79.9. The Morgan fingerprint density at radius 2 is 1.83 bits per heavy atom. The van der Waals surface area contributed by atoms with E-state index in [1.165, 1.54) is 25.7 Å². The van der Waals surface area contributed by atoms with E-state index in [1.807, 2.05) is 29.1 Å². The minimum Gasteiger partial charge on any atom is -0.252 e. The van der Waals surface area contributed by atoms with E-state index >= 15 is 0 Å². The Kier molecular flexibility index (Phi) is 6.65. The quantitative estimate of drug-likeness (QED) is 0.752. The molecule has 4 heteroatoms. The molecule has 1 heterocycles. The highest BCUT2D eigenvalue weighted by Gasteiger charge is 2.02. The van der Waals surface area contributed by atoms with Crippen LogP contribution < -0.4 is 0 Å². The van der Waals surface area contributed by atoms with Gasteiger partial charge >= 0.3 is 0 Å². The number of hydrogen-bond acceptors (Lipinski definition) is 2. The summed E-state index contributed by atoms with van der Waals surface area (Å²) >= 11 is 0. The van der Waals surface area contributed by atoms with Crippen molar-refractivity contribution < 1.29 is 0 Å². The number of halogens is 1. The third-order valence-electron chi connectivity index (χ3n) is 2.85. The van der Waals surface area contributed by atoms with E-state index in [1.54, 1.807) is 0 Å². The van der Waals surface area contributed by atoms with Crippen LogP contribution in [0.25, 0.3) is 11.3 Å². The molecule has 0 aliphatic carbocycles. The van der Waals surface area contributed by atoms with E-state index in [0.29, 0.717) is 0 Å². The van der Waals surface area contributed by atoms with Crippen molar-refractivity contribution >= 4 is 17.0 Å². The Morgan fingerprint density at radius 3 is 2.56 bits per heavy atom. The first kappa shape index (κ1) is 14.9. The molecule has 1 aromatic heterocycles. The molecule has 0 bridgehead atoms. The number of rotatable bonds is 6. The van der Waals surface area contributed by atoms with Crippen LogP contribution in [0.4, 0.5) is 0 Å². The van der Waals surface area contributed by atoms with Gasteiger partial charge in [0.15, 0.2) is 0 Å². The molecule has 0 saturated carbocycles. The van der Waals surface area contributed by atoms with Gasteiger partial charge in [-0.1, -0.05) is 61.7 Å². The summed E-state index contributed by atoms with van der Waals surface area (Å²) in [5.74, 6) is 0. The van der Waals surface area contributed by atoms with Crippen LogP contribution >= 0.6 is 17.0 Å². The van der Waals surface area contributed by atoms with Gasteiger partial charge in [-0.15, -0.1) is 22.1 Å². The Bertz CT molecular complexity index is 439. The van der Waals surface area contributed by atoms with Crippen molar-refractivity contribution in [3.8, 4) is 11.3 Å². The topological polar surface area (TPSA) is 30.7 Å². The number of benzene rings is 1. The summed E-state index contributed by atoms with van der Waals surface area (Å²) in [6.45, 7) is 3.20. The lowest BCUT2D eigenvalue weighted by atomic mass is 10.2. The first-order chi connectivity index (χ1) is 8.40. The molecule has 0 aliphatic heterocycles. The molecule has 3 nitrogen and oxygen atoms in total. The average molecular weight is 310 g/mol.